The van der Waals surface area contributed by atoms with Gasteiger partial charge >= 0.3 is 0 Å². The van der Waals surface area contributed by atoms with Crippen LogP contribution in [-0.4, -0.2) is 17.5 Å². The third-order valence-electron chi connectivity index (χ3n) is 2.75. The summed E-state index contributed by atoms with van der Waals surface area (Å²) in [5, 5.41) is 14.0. The quantitative estimate of drug-likeness (QED) is 0.737. The van der Waals surface area contributed by atoms with Gasteiger partial charge in [0.1, 0.15) is 0 Å². The van der Waals surface area contributed by atoms with Gasteiger partial charge in [-0.05, 0) is 27.7 Å². The van der Waals surface area contributed by atoms with E-state index in [9.17, 15) is 19.5 Å². The molecule has 1 aliphatic rings. The highest BCUT2D eigenvalue weighted by Crippen LogP contribution is 2.30. The number of aliphatic carboxylic acids is 1. The smallest absolute Gasteiger partial charge is 0.158 e. The molecule has 0 amide bonds. The van der Waals surface area contributed by atoms with Gasteiger partial charge in [-0.1, -0.05) is 0 Å². The molecule has 0 aromatic rings. The molecule has 0 unspecified atom stereocenters. The SMILES string of the molecule is CC(=O)C1=C(C)NC(C)=C(C(C)=O)C1C(=O)[O-].[NH4+]. The summed E-state index contributed by atoms with van der Waals surface area (Å²) in [5.74, 6) is -3.46. The Balaban J connectivity index is 0.00000289. The molecule has 5 N–H and O–H groups in total. The fraction of sp³-hybridized carbons (Fsp3) is 0.417. The number of hydrogen-bond acceptors (Lipinski definition) is 5. The molecule has 1 heterocycles. The second-order valence-corrected chi connectivity index (χ2v) is 4.07. The van der Waals surface area contributed by atoms with E-state index in [1.807, 2.05) is 0 Å². The maximum Gasteiger partial charge on any atom is 0.158 e. The van der Waals surface area contributed by atoms with Crippen LogP contribution in [0.25, 0.3) is 0 Å². The van der Waals surface area contributed by atoms with Crippen LogP contribution in [0.1, 0.15) is 27.7 Å². The highest BCUT2D eigenvalue weighted by Gasteiger charge is 2.32. The van der Waals surface area contributed by atoms with Crippen molar-refractivity contribution in [1.82, 2.24) is 11.5 Å². The monoisotopic (exact) mass is 254 g/mol. The number of dihydropyridines is 1. The van der Waals surface area contributed by atoms with Gasteiger partial charge in [0, 0.05) is 22.5 Å². The lowest BCUT2D eigenvalue weighted by Crippen LogP contribution is -2.41. The van der Waals surface area contributed by atoms with Crippen LogP contribution in [0.5, 0.6) is 0 Å². The van der Waals surface area contributed by atoms with E-state index < -0.39 is 11.9 Å². The van der Waals surface area contributed by atoms with Crippen molar-refractivity contribution in [2.75, 3.05) is 0 Å². The van der Waals surface area contributed by atoms with E-state index in [4.69, 9.17) is 0 Å². The van der Waals surface area contributed by atoms with E-state index in [1.165, 1.54) is 13.8 Å². The molecular weight excluding hydrogens is 236 g/mol. The predicted molar refractivity (Wildman–Crippen MR) is 64.4 cm³/mol. The molecule has 1 rings (SSSR count). The molecule has 100 valence electrons. The average Bonchev–Trinajstić information content (AvgIpc) is 2.14. The van der Waals surface area contributed by atoms with Crippen molar-refractivity contribution in [2.45, 2.75) is 27.7 Å². The van der Waals surface area contributed by atoms with Crippen molar-refractivity contribution in [3.05, 3.63) is 22.5 Å². The van der Waals surface area contributed by atoms with Gasteiger partial charge in [-0.3, -0.25) is 9.59 Å². The minimum Gasteiger partial charge on any atom is -0.549 e. The third kappa shape index (κ3) is 2.65. The minimum absolute atomic E-state index is 0. The maximum atomic E-state index is 11.5. The molecule has 0 saturated carbocycles. The third-order valence-corrected chi connectivity index (χ3v) is 2.75. The zero-order valence-electron chi connectivity index (χ0n) is 11.2. The molecule has 6 nitrogen and oxygen atoms in total. The Morgan fingerprint density at radius 2 is 1.33 bits per heavy atom. The molecule has 0 fully saturated rings. The first-order valence-corrected chi connectivity index (χ1v) is 5.18. The van der Waals surface area contributed by atoms with E-state index in [0.29, 0.717) is 11.4 Å². The molecule has 0 spiro atoms. The molecule has 0 aliphatic carbocycles. The van der Waals surface area contributed by atoms with Gasteiger partial charge in [-0.25, -0.2) is 0 Å². The lowest BCUT2D eigenvalue weighted by Gasteiger charge is -2.30. The number of carboxylic acid groups (broad SMARTS) is 1. The van der Waals surface area contributed by atoms with Crippen molar-refractivity contribution < 1.29 is 19.5 Å². The summed E-state index contributed by atoms with van der Waals surface area (Å²) in [6, 6.07) is 0. The molecule has 6 heteroatoms. The van der Waals surface area contributed by atoms with Gasteiger partial charge in [-0.15, -0.1) is 0 Å². The fourth-order valence-electron chi connectivity index (χ4n) is 2.16. The topological polar surface area (TPSA) is 123 Å². The summed E-state index contributed by atoms with van der Waals surface area (Å²) in [6.45, 7) is 5.75. The highest BCUT2D eigenvalue weighted by atomic mass is 16.4. The number of carbonyl (C=O) groups excluding carboxylic acids is 3. The summed E-state index contributed by atoms with van der Waals surface area (Å²) in [6.07, 6.45) is 0. The molecule has 0 radical (unpaired) electrons. The molecule has 0 aromatic carbocycles. The average molecular weight is 254 g/mol. The van der Waals surface area contributed by atoms with Gasteiger partial charge < -0.3 is 21.4 Å². The lowest BCUT2D eigenvalue weighted by atomic mass is 9.82. The largest absolute Gasteiger partial charge is 0.549 e. The second kappa shape index (κ2) is 5.59. The normalized spacial score (nSPS) is 16.0. The summed E-state index contributed by atoms with van der Waals surface area (Å²) < 4.78 is 0. The number of carboxylic acids is 1. The maximum absolute atomic E-state index is 11.5. The first-order chi connectivity index (χ1) is 7.77. The fourth-order valence-corrected chi connectivity index (χ4v) is 2.16. The van der Waals surface area contributed by atoms with Crippen LogP contribution in [0.2, 0.25) is 0 Å². The number of nitrogens with one attached hydrogen (secondary N) is 1. The van der Waals surface area contributed by atoms with Gasteiger partial charge in [0.05, 0.1) is 11.9 Å². The summed E-state index contributed by atoms with van der Waals surface area (Å²) in [5.41, 5.74) is 1.07. The van der Waals surface area contributed by atoms with Crippen LogP contribution in [0.3, 0.4) is 0 Å². The molecule has 0 bridgehead atoms. The van der Waals surface area contributed by atoms with Crippen molar-refractivity contribution in [3.8, 4) is 0 Å². The Hall–Kier alpha value is -1.95. The van der Waals surface area contributed by atoms with E-state index in [1.54, 1.807) is 13.8 Å². The minimum atomic E-state index is -1.43. The van der Waals surface area contributed by atoms with Gasteiger partial charge in [0.2, 0.25) is 0 Å². The van der Waals surface area contributed by atoms with Crippen LogP contribution >= 0.6 is 0 Å². The van der Waals surface area contributed by atoms with Gasteiger partial charge in [0.15, 0.2) is 11.6 Å². The second-order valence-electron chi connectivity index (χ2n) is 4.07. The molecule has 18 heavy (non-hydrogen) atoms. The Labute approximate surface area is 105 Å². The van der Waals surface area contributed by atoms with Crippen LogP contribution in [0.15, 0.2) is 22.5 Å². The van der Waals surface area contributed by atoms with E-state index in [0.717, 1.165) is 0 Å². The van der Waals surface area contributed by atoms with E-state index in [2.05, 4.69) is 5.32 Å². The number of quaternary nitrogens is 1. The molecule has 0 aromatic heterocycles. The van der Waals surface area contributed by atoms with Gasteiger partial charge in [0.25, 0.3) is 0 Å². The molecule has 1 aliphatic heterocycles. The van der Waals surface area contributed by atoms with Crippen LogP contribution in [0.4, 0.5) is 0 Å². The van der Waals surface area contributed by atoms with Crippen molar-refractivity contribution in [2.24, 2.45) is 5.92 Å². The predicted octanol–water partition coefficient (Wildman–Crippen LogP) is 0.0579. The summed E-state index contributed by atoms with van der Waals surface area (Å²) >= 11 is 0. The number of carbonyl (C=O) groups is 3. The number of rotatable bonds is 3. The van der Waals surface area contributed by atoms with Crippen molar-refractivity contribution in [1.29, 1.82) is 0 Å². The standard InChI is InChI=1S/C12H15NO4.H3N/c1-5-9(7(3)14)11(12(16)17)10(8(4)15)6(2)13-5;/h11,13H,1-4H3,(H,16,17);1H3. The Morgan fingerprint density at radius 1 is 1.00 bits per heavy atom. The first kappa shape index (κ1) is 16.1. The Kier molecular flexibility index (Phi) is 4.99. The van der Waals surface area contributed by atoms with Crippen molar-refractivity contribution >= 4 is 17.5 Å². The highest BCUT2D eigenvalue weighted by molar-refractivity contribution is 6.07. The Bertz CT molecular complexity index is 438. The van der Waals surface area contributed by atoms with Crippen LogP contribution in [-0.2, 0) is 14.4 Å². The molecule has 0 saturated heterocycles. The molecule has 0 atom stereocenters. The zero-order valence-corrected chi connectivity index (χ0v) is 11.2. The summed E-state index contributed by atoms with van der Waals surface area (Å²) in [7, 11) is 0. The first-order valence-electron chi connectivity index (χ1n) is 5.18. The molecular formula is C12H18N2O4. The summed E-state index contributed by atoms with van der Waals surface area (Å²) in [4.78, 5) is 34.1. The van der Waals surface area contributed by atoms with E-state index >= 15 is 0 Å². The van der Waals surface area contributed by atoms with Gasteiger partial charge in [-0.2, -0.15) is 0 Å². The zero-order chi connectivity index (χ0) is 13.3. The number of Topliss-reactive ketones (excluding diaryl/α,β-unsaturated/α-hetero) is 2. The number of allylic oxidation sites excluding steroid dienone is 2. The van der Waals surface area contributed by atoms with Crippen LogP contribution < -0.4 is 16.6 Å². The Morgan fingerprint density at radius 3 is 1.56 bits per heavy atom. The number of ketones is 2. The van der Waals surface area contributed by atoms with Crippen molar-refractivity contribution in [3.63, 3.8) is 0 Å². The van der Waals surface area contributed by atoms with Crippen LogP contribution in [0, 0.1) is 5.92 Å². The number of hydrogen-bond donors (Lipinski definition) is 2. The van der Waals surface area contributed by atoms with E-state index in [-0.39, 0.29) is 28.9 Å². The lowest BCUT2D eigenvalue weighted by molar-refractivity contribution is -0.308.